The van der Waals surface area contributed by atoms with Crippen molar-refractivity contribution in [2.75, 3.05) is 6.61 Å². The van der Waals surface area contributed by atoms with Crippen LogP contribution < -0.4 is 0 Å². The van der Waals surface area contributed by atoms with Crippen molar-refractivity contribution in [2.24, 2.45) is 0 Å². The highest BCUT2D eigenvalue weighted by Crippen LogP contribution is 2.33. The van der Waals surface area contributed by atoms with Gasteiger partial charge in [0, 0.05) is 20.8 Å². The minimum Gasteiger partial charge on any atom is -0.463 e. The number of hydrogen-bond donors (Lipinski definition) is 0. The lowest BCUT2D eigenvalue weighted by molar-refractivity contribution is -0.166. The van der Waals surface area contributed by atoms with Crippen molar-refractivity contribution in [3.63, 3.8) is 0 Å². The molecule has 12 heteroatoms. The van der Waals surface area contributed by atoms with Gasteiger partial charge in [-0.05, 0) is 0 Å². The molecule has 4 unspecified atom stereocenters. The Morgan fingerprint density at radius 1 is 1.00 bits per heavy atom. The summed E-state index contributed by atoms with van der Waals surface area (Å²) in [6.45, 7) is 3.18. The summed E-state index contributed by atoms with van der Waals surface area (Å²) >= 11 is 0. The summed E-state index contributed by atoms with van der Waals surface area (Å²) in [5.41, 5.74) is -0.509. The minimum absolute atomic E-state index is 0.254. The molecule has 1 aliphatic rings. The molecule has 0 amide bonds. The molecule has 2 rings (SSSR count). The number of carbonyl (C=O) groups excluding carboxylic acids is 3. The average Bonchev–Trinajstić information content (AvgIpc) is 3.14. The van der Waals surface area contributed by atoms with Gasteiger partial charge in [0.2, 0.25) is 17.6 Å². The van der Waals surface area contributed by atoms with Crippen molar-refractivity contribution >= 4 is 17.9 Å². The molecule has 1 aromatic heterocycles. The summed E-state index contributed by atoms with van der Waals surface area (Å²) in [6, 6.07) is 3.41. The van der Waals surface area contributed by atoms with Crippen LogP contribution in [-0.2, 0) is 33.3 Å². The zero-order valence-corrected chi connectivity index (χ0v) is 14.6. The third-order valence-corrected chi connectivity index (χ3v) is 3.41. The van der Waals surface area contributed by atoms with Crippen molar-refractivity contribution in [3.8, 4) is 12.1 Å². The van der Waals surface area contributed by atoms with E-state index in [1.807, 2.05) is 0 Å². The monoisotopic (exact) mass is 377 g/mol. The Labute approximate surface area is 153 Å². The summed E-state index contributed by atoms with van der Waals surface area (Å²) in [4.78, 5) is 34.9. The average molecular weight is 377 g/mol. The molecule has 0 spiro atoms. The number of aromatic nitrogens is 3. The first-order chi connectivity index (χ1) is 12.8. The van der Waals surface area contributed by atoms with Crippen LogP contribution in [0.1, 0.15) is 38.4 Å². The van der Waals surface area contributed by atoms with E-state index < -0.39 is 42.4 Å². The quantitative estimate of drug-likeness (QED) is 0.472. The molecular weight excluding hydrogens is 362 g/mol. The van der Waals surface area contributed by atoms with Gasteiger partial charge < -0.3 is 18.9 Å². The van der Waals surface area contributed by atoms with Crippen molar-refractivity contribution in [1.29, 1.82) is 10.5 Å². The highest BCUT2D eigenvalue weighted by molar-refractivity contribution is 5.68. The Hall–Kier alpha value is -3.51. The predicted molar refractivity (Wildman–Crippen MR) is 81.1 cm³/mol. The lowest BCUT2D eigenvalue weighted by Gasteiger charge is -2.22. The number of hydrogen-bond acceptors (Lipinski definition) is 11. The zero-order chi connectivity index (χ0) is 20.1. The van der Waals surface area contributed by atoms with Gasteiger partial charge in [0.05, 0.1) is 0 Å². The van der Waals surface area contributed by atoms with Gasteiger partial charge in [0.15, 0.2) is 12.2 Å². The number of rotatable bonds is 5. The molecule has 1 aromatic rings. The van der Waals surface area contributed by atoms with Crippen molar-refractivity contribution in [1.82, 2.24) is 15.0 Å². The van der Waals surface area contributed by atoms with Crippen LogP contribution in [0.2, 0.25) is 0 Å². The van der Waals surface area contributed by atoms with Crippen molar-refractivity contribution < 1.29 is 33.3 Å². The SMILES string of the molecule is CC(=O)OCC1OC(n2nc(C#N)c(C#N)n2)C(OC(C)=O)C1OC(C)=O. The van der Waals surface area contributed by atoms with Crippen molar-refractivity contribution in [3.05, 3.63) is 11.4 Å². The van der Waals surface area contributed by atoms with Gasteiger partial charge in [0.25, 0.3) is 0 Å². The molecular formula is C15H15N5O7. The molecule has 0 bridgehead atoms. The van der Waals surface area contributed by atoms with Crippen LogP contribution in [0.5, 0.6) is 0 Å². The van der Waals surface area contributed by atoms with Crippen LogP contribution in [0.15, 0.2) is 0 Å². The number of nitriles is 2. The Balaban J connectivity index is 2.41. The largest absolute Gasteiger partial charge is 0.463 e. The van der Waals surface area contributed by atoms with E-state index in [-0.39, 0.29) is 18.0 Å². The van der Waals surface area contributed by atoms with Gasteiger partial charge >= 0.3 is 17.9 Å². The molecule has 1 saturated heterocycles. The first-order valence-corrected chi connectivity index (χ1v) is 7.67. The zero-order valence-electron chi connectivity index (χ0n) is 14.6. The molecule has 1 fully saturated rings. The first kappa shape index (κ1) is 19.8. The molecule has 27 heavy (non-hydrogen) atoms. The summed E-state index contributed by atoms with van der Waals surface area (Å²) in [7, 11) is 0. The van der Waals surface area contributed by atoms with Gasteiger partial charge in [-0.25, -0.2) is 0 Å². The van der Waals surface area contributed by atoms with E-state index in [2.05, 4.69) is 10.2 Å². The third-order valence-electron chi connectivity index (χ3n) is 3.41. The van der Waals surface area contributed by atoms with E-state index in [4.69, 9.17) is 29.5 Å². The molecule has 1 aliphatic heterocycles. The highest BCUT2D eigenvalue weighted by atomic mass is 16.7. The van der Waals surface area contributed by atoms with Crippen LogP contribution in [0.4, 0.5) is 0 Å². The maximum Gasteiger partial charge on any atom is 0.303 e. The molecule has 0 radical (unpaired) electrons. The van der Waals surface area contributed by atoms with E-state index in [9.17, 15) is 14.4 Å². The van der Waals surface area contributed by atoms with Crippen LogP contribution in [0.25, 0.3) is 0 Å². The van der Waals surface area contributed by atoms with E-state index in [1.165, 1.54) is 6.92 Å². The standard InChI is InChI=1S/C15H15N5O7/c1-7(21)24-6-12-13(25-8(2)22)14(26-9(3)23)15(27-12)20-18-10(4-16)11(5-17)19-20/h12-15H,6H2,1-3H3. The summed E-state index contributed by atoms with van der Waals surface area (Å²) in [6.07, 6.45) is -4.53. The van der Waals surface area contributed by atoms with E-state index in [0.29, 0.717) is 0 Å². The van der Waals surface area contributed by atoms with Crippen molar-refractivity contribution in [2.45, 2.75) is 45.3 Å². The fourth-order valence-electron chi connectivity index (χ4n) is 2.47. The fraction of sp³-hybridized carbons (Fsp3) is 0.533. The Morgan fingerprint density at radius 3 is 1.96 bits per heavy atom. The molecule has 142 valence electrons. The number of carbonyl (C=O) groups is 3. The van der Waals surface area contributed by atoms with Crippen LogP contribution in [0.3, 0.4) is 0 Å². The van der Waals surface area contributed by atoms with Crippen LogP contribution in [-0.4, -0.2) is 57.8 Å². The minimum atomic E-state index is -1.21. The molecule has 0 aliphatic carbocycles. The summed E-state index contributed by atoms with van der Waals surface area (Å²) < 4.78 is 20.9. The Bertz CT molecular complexity index is 805. The lowest BCUT2D eigenvalue weighted by atomic mass is 10.1. The maximum atomic E-state index is 11.5. The topological polar surface area (TPSA) is 166 Å². The molecule has 2 heterocycles. The normalized spacial score (nSPS) is 23.7. The smallest absolute Gasteiger partial charge is 0.303 e. The predicted octanol–water partition coefficient (Wildman–Crippen LogP) is -0.655. The molecule has 0 N–H and O–H groups in total. The third kappa shape index (κ3) is 4.56. The van der Waals surface area contributed by atoms with Gasteiger partial charge in [-0.1, -0.05) is 0 Å². The summed E-state index contributed by atoms with van der Waals surface area (Å²) in [5.74, 6) is -1.98. The van der Waals surface area contributed by atoms with Gasteiger partial charge in [-0.15, -0.1) is 15.0 Å². The molecule has 0 saturated carbocycles. The molecule has 0 aromatic carbocycles. The fourth-order valence-corrected chi connectivity index (χ4v) is 2.47. The molecule has 12 nitrogen and oxygen atoms in total. The number of ether oxygens (including phenoxy) is 4. The van der Waals surface area contributed by atoms with E-state index in [0.717, 1.165) is 18.6 Å². The second-order valence-electron chi connectivity index (χ2n) is 5.46. The number of esters is 3. The van der Waals surface area contributed by atoms with Gasteiger partial charge in [0.1, 0.15) is 24.8 Å². The summed E-state index contributed by atoms with van der Waals surface area (Å²) in [5, 5.41) is 25.7. The Kier molecular flexibility index (Phi) is 6.05. The van der Waals surface area contributed by atoms with E-state index >= 15 is 0 Å². The van der Waals surface area contributed by atoms with E-state index in [1.54, 1.807) is 12.1 Å². The first-order valence-electron chi connectivity index (χ1n) is 7.67. The molecule has 4 atom stereocenters. The van der Waals surface area contributed by atoms with Crippen LogP contribution in [0, 0.1) is 22.7 Å². The second kappa shape index (κ2) is 8.25. The lowest BCUT2D eigenvalue weighted by Crippen LogP contribution is -2.40. The highest BCUT2D eigenvalue weighted by Gasteiger charge is 2.51. The van der Waals surface area contributed by atoms with Crippen LogP contribution >= 0.6 is 0 Å². The Morgan fingerprint density at radius 2 is 1.52 bits per heavy atom. The number of nitrogens with zero attached hydrogens (tertiary/aromatic N) is 5. The van der Waals surface area contributed by atoms with Gasteiger partial charge in [-0.2, -0.15) is 10.5 Å². The second-order valence-corrected chi connectivity index (χ2v) is 5.46. The maximum absolute atomic E-state index is 11.5. The van der Waals surface area contributed by atoms with Gasteiger partial charge in [-0.3, -0.25) is 14.4 Å².